The third-order valence-corrected chi connectivity index (χ3v) is 2.80. The molecular formula is C12H18N2O5. The Morgan fingerprint density at radius 2 is 2.05 bits per heavy atom. The van der Waals surface area contributed by atoms with E-state index in [4.69, 9.17) is 24.2 Å². The predicted molar refractivity (Wildman–Crippen MR) is 66.0 cm³/mol. The third-order valence-electron chi connectivity index (χ3n) is 2.80. The number of hydrogen-bond donors (Lipinski definition) is 2. The summed E-state index contributed by atoms with van der Waals surface area (Å²) < 4.78 is 5.53. The maximum atomic E-state index is 9.10. The van der Waals surface area contributed by atoms with E-state index < -0.39 is 11.9 Å². The largest absolute Gasteiger partial charge is 0.473 e. The molecule has 2 rings (SSSR count). The quantitative estimate of drug-likeness (QED) is 0.732. The first-order chi connectivity index (χ1) is 8.90. The maximum Gasteiger partial charge on any atom is 0.414 e. The van der Waals surface area contributed by atoms with Crippen LogP contribution in [0.25, 0.3) is 0 Å². The van der Waals surface area contributed by atoms with E-state index in [0.717, 1.165) is 18.2 Å². The molecule has 1 unspecified atom stereocenters. The second kappa shape index (κ2) is 6.89. The van der Waals surface area contributed by atoms with Crippen LogP contribution in [0.1, 0.15) is 30.4 Å². The second-order valence-electron chi connectivity index (χ2n) is 4.52. The van der Waals surface area contributed by atoms with Gasteiger partial charge in [0, 0.05) is 12.5 Å². The van der Waals surface area contributed by atoms with Gasteiger partial charge in [-0.25, -0.2) is 14.6 Å². The molecule has 1 fully saturated rings. The molecule has 0 aromatic carbocycles. The van der Waals surface area contributed by atoms with E-state index in [0.29, 0.717) is 5.92 Å². The number of aliphatic carboxylic acids is 2. The van der Waals surface area contributed by atoms with Gasteiger partial charge in [0.15, 0.2) is 5.89 Å². The molecule has 1 aliphatic heterocycles. The van der Waals surface area contributed by atoms with Crippen LogP contribution in [0.2, 0.25) is 0 Å². The zero-order chi connectivity index (χ0) is 14.4. The Labute approximate surface area is 110 Å². The molecule has 1 saturated heterocycles. The summed E-state index contributed by atoms with van der Waals surface area (Å²) in [7, 11) is 2.15. The van der Waals surface area contributed by atoms with Crippen LogP contribution < -0.4 is 0 Å². The summed E-state index contributed by atoms with van der Waals surface area (Å²) in [6.45, 7) is 4.24. The van der Waals surface area contributed by atoms with Crippen LogP contribution in [-0.4, -0.2) is 52.2 Å². The Morgan fingerprint density at radius 1 is 1.42 bits per heavy atom. The number of piperidine rings is 1. The van der Waals surface area contributed by atoms with Crippen molar-refractivity contribution < 1.29 is 24.2 Å². The molecule has 1 aromatic rings. The minimum absolute atomic E-state index is 0.507. The maximum absolute atomic E-state index is 9.10. The van der Waals surface area contributed by atoms with Gasteiger partial charge in [-0.15, -0.1) is 0 Å². The van der Waals surface area contributed by atoms with Crippen LogP contribution >= 0.6 is 0 Å². The number of likely N-dealkylation sites (N-methyl/N-ethyl adjacent to an activating group) is 1. The molecule has 106 valence electrons. The molecule has 19 heavy (non-hydrogen) atoms. The lowest BCUT2D eigenvalue weighted by Crippen LogP contribution is -2.30. The fourth-order valence-electron chi connectivity index (χ4n) is 1.93. The molecule has 0 saturated carbocycles. The van der Waals surface area contributed by atoms with Crippen molar-refractivity contribution in [3.05, 3.63) is 17.8 Å². The summed E-state index contributed by atoms with van der Waals surface area (Å²) in [6, 6.07) is 0. The predicted octanol–water partition coefficient (Wildman–Crippen LogP) is 0.948. The Kier molecular flexibility index (Phi) is 5.50. The highest BCUT2D eigenvalue weighted by molar-refractivity contribution is 6.27. The van der Waals surface area contributed by atoms with Crippen LogP contribution in [0.4, 0.5) is 0 Å². The summed E-state index contributed by atoms with van der Waals surface area (Å²) in [5, 5.41) is 14.8. The zero-order valence-electron chi connectivity index (χ0n) is 11.0. The van der Waals surface area contributed by atoms with E-state index in [-0.39, 0.29) is 0 Å². The first kappa shape index (κ1) is 15.2. The number of oxazole rings is 1. The number of likely N-dealkylation sites (tertiary alicyclic amines) is 1. The third kappa shape index (κ3) is 5.09. The van der Waals surface area contributed by atoms with Gasteiger partial charge in [-0.05, 0) is 33.4 Å². The normalized spacial score (nSPS) is 19.4. The van der Waals surface area contributed by atoms with E-state index in [1.807, 2.05) is 13.1 Å². The van der Waals surface area contributed by atoms with E-state index in [1.54, 1.807) is 0 Å². The standard InChI is InChI=1S/C10H16N2O.C2H2O4/c1-8-6-11-10(13-8)9-4-3-5-12(2)7-9;3-1(4)2(5)6/h6,9H,3-5,7H2,1-2H3;(H,3,4)(H,5,6). The van der Waals surface area contributed by atoms with Crippen LogP contribution in [0.3, 0.4) is 0 Å². The number of aromatic nitrogens is 1. The van der Waals surface area contributed by atoms with Crippen LogP contribution in [0.5, 0.6) is 0 Å². The summed E-state index contributed by atoms with van der Waals surface area (Å²) in [4.78, 5) is 24.8. The molecule has 1 atom stereocenters. The summed E-state index contributed by atoms with van der Waals surface area (Å²) >= 11 is 0. The van der Waals surface area contributed by atoms with Gasteiger partial charge in [-0.3, -0.25) is 0 Å². The number of carboxylic acids is 2. The number of aryl methyl sites for hydroxylation is 1. The Balaban J connectivity index is 0.000000258. The highest BCUT2D eigenvalue weighted by atomic mass is 16.4. The van der Waals surface area contributed by atoms with Gasteiger partial charge in [-0.1, -0.05) is 0 Å². The first-order valence-corrected chi connectivity index (χ1v) is 5.97. The highest BCUT2D eigenvalue weighted by Gasteiger charge is 2.22. The average molecular weight is 270 g/mol. The number of carbonyl (C=O) groups is 2. The highest BCUT2D eigenvalue weighted by Crippen LogP contribution is 2.25. The van der Waals surface area contributed by atoms with Gasteiger partial charge in [0.05, 0.1) is 6.20 Å². The summed E-state index contributed by atoms with van der Waals surface area (Å²) in [5.74, 6) is -1.30. The van der Waals surface area contributed by atoms with Gasteiger partial charge in [0.2, 0.25) is 0 Å². The summed E-state index contributed by atoms with van der Waals surface area (Å²) in [5.41, 5.74) is 0. The van der Waals surface area contributed by atoms with E-state index in [9.17, 15) is 0 Å². The SMILES string of the molecule is Cc1cnc(C2CCCN(C)C2)o1.O=C(O)C(=O)O. The Hall–Kier alpha value is -1.89. The topological polar surface area (TPSA) is 104 Å². The zero-order valence-corrected chi connectivity index (χ0v) is 11.0. The van der Waals surface area contributed by atoms with E-state index in [1.165, 1.54) is 19.4 Å². The van der Waals surface area contributed by atoms with Crippen molar-refractivity contribution in [2.45, 2.75) is 25.7 Å². The average Bonchev–Trinajstić information content (AvgIpc) is 2.76. The van der Waals surface area contributed by atoms with Gasteiger partial charge in [0.25, 0.3) is 0 Å². The minimum Gasteiger partial charge on any atom is -0.473 e. The molecule has 0 amide bonds. The smallest absolute Gasteiger partial charge is 0.414 e. The Bertz CT molecular complexity index is 431. The monoisotopic (exact) mass is 270 g/mol. The number of rotatable bonds is 1. The molecule has 2 heterocycles. The van der Waals surface area contributed by atoms with Crippen molar-refractivity contribution in [2.75, 3.05) is 20.1 Å². The second-order valence-corrected chi connectivity index (χ2v) is 4.52. The van der Waals surface area contributed by atoms with Crippen molar-refractivity contribution >= 4 is 11.9 Å². The Morgan fingerprint density at radius 3 is 2.47 bits per heavy atom. The molecule has 1 aliphatic rings. The van der Waals surface area contributed by atoms with Crippen molar-refractivity contribution in [1.29, 1.82) is 0 Å². The van der Waals surface area contributed by atoms with Crippen molar-refractivity contribution in [2.24, 2.45) is 0 Å². The minimum atomic E-state index is -1.82. The van der Waals surface area contributed by atoms with Crippen molar-refractivity contribution in [1.82, 2.24) is 9.88 Å². The molecule has 1 aromatic heterocycles. The lowest BCUT2D eigenvalue weighted by atomic mass is 9.99. The molecule has 0 radical (unpaired) electrons. The number of hydrogen-bond acceptors (Lipinski definition) is 5. The van der Waals surface area contributed by atoms with Gasteiger partial charge in [-0.2, -0.15) is 0 Å². The molecule has 0 bridgehead atoms. The molecule has 7 heteroatoms. The van der Waals surface area contributed by atoms with Crippen molar-refractivity contribution in [3.63, 3.8) is 0 Å². The van der Waals surface area contributed by atoms with Crippen LogP contribution in [-0.2, 0) is 9.59 Å². The van der Waals surface area contributed by atoms with Gasteiger partial charge in [0.1, 0.15) is 5.76 Å². The number of carboxylic acid groups (broad SMARTS) is 2. The van der Waals surface area contributed by atoms with Crippen LogP contribution in [0.15, 0.2) is 10.6 Å². The number of nitrogens with zero attached hydrogens (tertiary/aromatic N) is 2. The van der Waals surface area contributed by atoms with Gasteiger partial charge >= 0.3 is 11.9 Å². The fraction of sp³-hybridized carbons (Fsp3) is 0.583. The van der Waals surface area contributed by atoms with E-state index >= 15 is 0 Å². The summed E-state index contributed by atoms with van der Waals surface area (Å²) in [6.07, 6.45) is 4.27. The van der Waals surface area contributed by atoms with Crippen molar-refractivity contribution in [3.8, 4) is 0 Å². The molecule has 0 spiro atoms. The lowest BCUT2D eigenvalue weighted by Gasteiger charge is -2.27. The molecule has 2 N–H and O–H groups in total. The van der Waals surface area contributed by atoms with Gasteiger partial charge < -0.3 is 19.5 Å². The molecular weight excluding hydrogens is 252 g/mol. The molecule has 0 aliphatic carbocycles. The lowest BCUT2D eigenvalue weighted by molar-refractivity contribution is -0.159. The van der Waals surface area contributed by atoms with E-state index in [2.05, 4.69) is 16.9 Å². The molecule has 7 nitrogen and oxygen atoms in total. The van der Waals surface area contributed by atoms with Crippen LogP contribution in [0, 0.1) is 6.92 Å². The first-order valence-electron chi connectivity index (χ1n) is 5.97. The fourth-order valence-corrected chi connectivity index (χ4v) is 1.93.